The number of aliphatic hydroxyl groups is 1. The van der Waals surface area contributed by atoms with E-state index >= 15 is 0 Å². The van der Waals surface area contributed by atoms with Crippen LogP contribution >= 0.6 is 0 Å². The molecule has 0 unspecified atom stereocenters. The largest absolute Gasteiger partial charge is 0.390 e. The highest BCUT2D eigenvalue weighted by atomic mass is 16.5. The molecule has 3 rings (SSSR count). The van der Waals surface area contributed by atoms with E-state index in [1.165, 1.54) is 5.69 Å². The second kappa shape index (κ2) is 8.15. The second-order valence-electron chi connectivity index (χ2n) is 7.17. The molecule has 0 aromatic carbocycles. The van der Waals surface area contributed by atoms with Crippen molar-refractivity contribution in [1.29, 1.82) is 0 Å². The highest BCUT2D eigenvalue weighted by molar-refractivity contribution is 5.79. The van der Waals surface area contributed by atoms with Crippen LogP contribution in [0.1, 0.15) is 31.4 Å². The molecule has 1 saturated carbocycles. The summed E-state index contributed by atoms with van der Waals surface area (Å²) in [7, 11) is 1.61. The van der Waals surface area contributed by atoms with Gasteiger partial charge in [0, 0.05) is 56.8 Å². The molecule has 6 nitrogen and oxygen atoms in total. The lowest BCUT2D eigenvalue weighted by Crippen LogP contribution is -2.44. The summed E-state index contributed by atoms with van der Waals surface area (Å²) >= 11 is 0. The van der Waals surface area contributed by atoms with Gasteiger partial charge in [0.15, 0.2) is 0 Å². The number of aromatic nitrogens is 1. The number of nitrogens with zero attached hydrogens (tertiary/aromatic N) is 3. The lowest BCUT2D eigenvalue weighted by atomic mass is 9.84. The molecule has 1 amide bonds. The Morgan fingerprint density at radius 2 is 2.12 bits per heavy atom. The Morgan fingerprint density at radius 1 is 1.28 bits per heavy atom. The van der Waals surface area contributed by atoms with Gasteiger partial charge in [-0.25, -0.2) is 0 Å². The molecule has 2 heterocycles. The molecular formula is C19H29N3O3. The van der Waals surface area contributed by atoms with E-state index in [-0.39, 0.29) is 17.9 Å². The van der Waals surface area contributed by atoms with Gasteiger partial charge < -0.3 is 19.6 Å². The van der Waals surface area contributed by atoms with E-state index in [0.717, 1.165) is 44.7 Å². The molecule has 1 aliphatic carbocycles. The number of amides is 1. The molecule has 6 heteroatoms. The van der Waals surface area contributed by atoms with Crippen molar-refractivity contribution in [3.63, 3.8) is 0 Å². The van der Waals surface area contributed by atoms with Crippen LogP contribution in [-0.4, -0.2) is 66.4 Å². The van der Waals surface area contributed by atoms with E-state index in [0.29, 0.717) is 12.8 Å². The van der Waals surface area contributed by atoms with Crippen molar-refractivity contribution in [1.82, 2.24) is 9.88 Å². The zero-order valence-electron chi connectivity index (χ0n) is 15.2. The molecule has 0 spiro atoms. The molecule has 2 aliphatic rings. The van der Waals surface area contributed by atoms with Crippen LogP contribution in [0.2, 0.25) is 0 Å². The molecule has 25 heavy (non-hydrogen) atoms. The third-order valence-corrected chi connectivity index (χ3v) is 5.46. The predicted molar refractivity (Wildman–Crippen MR) is 96.5 cm³/mol. The summed E-state index contributed by atoms with van der Waals surface area (Å²) in [6.07, 6.45) is 4.18. The van der Waals surface area contributed by atoms with Crippen LogP contribution in [0.3, 0.4) is 0 Å². The molecule has 1 saturated heterocycles. The maximum absolute atomic E-state index is 12.9. The maximum atomic E-state index is 12.9. The van der Waals surface area contributed by atoms with Gasteiger partial charge in [0.05, 0.1) is 12.2 Å². The summed E-state index contributed by atoms with van der Waals surface area (Å²) in [6.45, 7) is 5.35. The Labute approximate surface area is 149 Å². The van der Waals surface area contributed by atoms with Gasteiger partial charge in [0.1, 0.15) is 0 Å². The van der Waals surface area contributed by atoms with Crippen molar-refractivity contribution in [2.75, 3.05) is 38.2 Å². The summed E-state index contributed by atoms with van der Waals surface area (Å²) < 4.78 is 5.35. The summed E-state index contributed by atoms with van der Waals surface area (Å²) in [6, 6.07) is 4.14. The first-order valence-corrected chi connectivity index (χ1v) is 9.25. The third kappa shape index (κ3) is 4.30. The lowest BCUT2D eigenvalue weighted by Gasteiger charge is -2.34. The number of carbonyl (C=O) groups is 1. The molecular weight excluding hydrogens is 318 g/mol. The molecule has 2 fully saturated rings. The van der Waals surface area contributed by atoms with E-state index < -0.39 is 6.10 Å². The maximum Gasteiger partial charge on any atom is 0.225 e. The number of anilines is 1. The van der Waals surface area contributed by atoms with Gasteiger partial charge in [-0.2, -0.15) is 0 Å². The van der Waals surface area contributed by atoms with Crippen LogP contribution in [-0.2, 0) is 9.53 Å². The van der Waals surface area contributed by atoms with Crippen LogP contribution in [0, 0.1) is 12.8 Å². The number of rotatable bonds is 3. The number of aliphatic hydroxyl groups excluding tert-OH is 1. The standard InChI is InChI=1S/C19H29N3O3/c1-14-12-16(6-7-20-14)21-8-3-9-22(11-10-21)19(24)15-4-5-17(23)18(13-15)25-2/h6-7,12,15,17-18,23H,3-5,8-11,13H2,1-2H3/t15-,17+,18-/m1/s1. The van der Waals surface area contributed by atoms with Crippen LogP contribution < -0.4 is 4.90 Å². The minimum Gasteiger partial charge on any atom is -0.390 e. The van der Waals surface area contributed by atoms with E-state index in [9.17, 15) is 9.90 Å². The van der Waals surface area contributed by atoms with Gasteiger partial charge in [-0.15, -0.1) is 0 Å². The van der Waals surface area contributed by atoms with Gasteiger partial charge in [-0.3, -0.25) is 9.78 Å². The SMILES string of the molecule is CO[C@@H]1C[C@H](C(=O)N2CCCN(c3ccnc(C)c3)CC2)CC[C@@H]1O. The first-order chi connectivity index (χ1) is 12.1. The van der Waals surface area contributed by atoms with Gasteiger partial charge in [0.25, 0.3) is 0 Å². The van der Waals surface area contributed by atoms with E-state index in [1.807, 2.05) is 24.1 Å². The van der Waals surface area contributed by atoms with Crippen LogP contribution in [0.5, 0.6) is 0 Å². The summed E-state index contributed by atoms with van der Waals surface area (Å²) in [4.78, 5) is 21.5. The Hall–Kier alpha value is -1.66. The van der Waals surface area contributed by atoms with Crippen LogP contribution in [0.4, 0.5) is 5.69 Å². The Bertz CT molecular complexity index is 595. The molecule has 1 aromatic rings. The quantitative estimate of drug-likeness (QED) is 0.900. The predicted octanol–water partition coefficient (Wildman–Crippen LogP) is 1.60. The highest BCUT2D eigenvalue weighted by Crippen LogP contribution is 2.28. The monoisotopic (exact) mass is 347 g/mol. The van der Waals surface area contributed by atoms with E-state index in [1.54, 1.807) is 7.11 Å². The Morgan fingerprint density at radius 3 is 2.88 bits per heavy atom. The number of hydrogen-bond acceptors (Lipinski definition) is 5. The van der Waals surface area contributed by atoms with Crippen molar-refractivity contribution in [3.8, 4) is 0 Å². The number of carbonyl (C=O) groups excluding carboxylic acids is 1. The first kappa shape index (κ1) is 18.1. The average Bonchev–Trinajstić information content (AvgIpc) is 2.88. The fourth-order valence-corrected chi connectivity index (χ4v) is 3.97. The zero-order chi connectivity index (χ0) is 17.8. The summed E-state index contributed by atoms with van der Waals surface area (Å²) in [5, 5.41) is 9.95. The molecule has 1 aromatic heterocycles. The van der Waals surface area contributed by atoms with Crippen molar-refractivity contribution >= 4 is 11.6 Å². The number of pyridine rings is 1. The van der Waals surface area contributed by atoms with Crippen molar-refractivity contribution in [3.05, 3.63) is 24.0 Å². The Balaban J connectivity index is 1.60. The van der Waals surface area contributed by atoms with Crippen LogP contribution in [0.25, 0.3) is 0 Å². The molecule has 1 N–H and O–H groups in total. The minimum absolute atomic E-state index is 0.0249. The molecule has 138 valence electrons. The topological polar surface area (TPSA) is 65.9 Å². The Kier molecular flexibility index (Phi) is 5.91. The number of ether oxygens (including phenoxy) is 1. The first-order valence-electron chi connectivity index (χ1n) is 9.25. The normalized spacial score (nSPS) is 27.9. The van der Waals surface area contributed by atoms with Gasteiger partial charge in [0.2, 0.25) is 5.91 Å². The van der Waals surface area contributed by atoms with E-state index in [2.05, 4.69) is 16.0 Å². The zero-order valence-corrected chi connectivity index (χ0v) is 15.2. The smallest absolute Gasteiger partial charge is 0.225 e. The molecule has 1 aliphatic heterocycles. The van der Waals surface area contributed by atoms with Crippen molar-refractivity contribution < 1.29 is 14.6 Å². The summed E-state index contributed by atoms with van der Waals surface area (Å²) in [5.74, 6) is 0.199. The fraction of sp³-hybridized carbons (Fsp3) is 0.684. The lowest BCUT2D eigenvalue weighted by molar-refractivity contribution is -0.140. The average molecular weight is 347 g/mol. The number of aryl methyl sites for hydroxylation is 1. The molecule has 0 bridgehead atoms. The van der Waals surface area contributed by atoms with Gasteiger partial charge in [-0.1, -0.05) is 0 Å². The number of methoxy groups -OCH3 is 1. The van der Waals surface area contributed by atoms with Gasteiger partial charge >= 0.3 is 0 Å². The van der Waals surface area contributed by atoms with Crippen LogP contribution in [0.15, 0.2) is 18.3 Å². The third-order valence-electron chi connectivity index (χ3n) is 5.46. The fourth-order valence-electron chi connectivity index (χ4n) is 3.97. The highest BCUT2D eigenvalue weighted by Gasteiger charge is 2.35. The molecule has 0 radical (unpaired) electrons. The second-order valence-corrected chi connectivity index (χ2v) is 7.17. The molecule has 3 atom stereocenters. The van der Waals surface area contributed by atoms with Gasteiger partial charge in [-0.05, 0) is 44.7 Å². The van der Waals surface area contributed by atoms with E-state index in [4.69, 9.17) is 4.74 Å². The summed E-state index contributed by atoms with van der Waals surface area (Å²) in [5.41, 5.74) is 2.20. The minimum atomic E-state index is -0.441. The van der Waals surface area contributed by atoms with Crippen molar-refractivity contribution in [2.45, 2.75) is 44.8 Å². The van der Waals surface area contributed by atoms with Crippen molar-refractivity contribution in [2.24, 2.45) is 5.92 Å². The number of hydrogen-bond donors (Lipinski definition) is 1.